The molecule has 3 N–H and O–H groups in total. The lowest BCUT2D eigenvalue weighted by atomic mass is 9.90. The highest BCUT2D eigenvalue weighted by atomic mass is 15.0. The van der Waals surface area contributed by atoms with Gasteiger partial charge in [-0.15, -0.1) is 0 Å². The number of nitrogens with two attached hydrogens (primary N) is 1. The van der Waals surface area contributed by atoms with Crippen molar-refractivity contribution >= 4 is 5.69 Å². The Morgan fingerprint density at radius 2 is 2.06 bits per heavy atom. The maximum absolute atomic E-state index is 5.93. The lowest BCUT2D eigenvalue weighted by Crippen LogP contribution is -2.44. The van der Waals surface area contributed by atoms with Gasteiger partial charge in [-0.1, -0.05) is 32.4 Å². The first-order valence-corrected chi connectivity index (χ1v) is 6.20. The summed E-state index contributed by atoms with van der Waals surface area (Å²) in [5, 5.41) is 3.61. The standard InChI is InChI=1S/C14H24N2/c1-4-9-14(5-2,11-15)16-13-8-6-7-12(3)10-13/h6-8,10,16H,4-5,9,11,15H2,1-3H3. The third kappa shape index (κ3) is 3.24. The van der Waals surface area contributed by atoms with E-state index in [-0.39, 0.29) is 5.54 Å². The molecule has 0 bridgehead atoms. The van der Waals surface area contributed by atoms with Crippen LogP contribution in [-0.4, -0.2) is 12.1 Å². The molecule has 0 spiro atoms. The van der Waals surface area contributed by atoms with E-state index < -0.39 is 0 Å². The molecule has 0 aliphatic carbocycles. The molecule has 0 fully saturated rings. The molecular weight excluding hydrogens is 196 g/mol. The average molecular weight is 220 g/mol. The molecule has 16 heavy (non-hydrogen) atoms. The van der Waals surface area contributed by atoms with Crippen LogP contribution in [0.2, 0.25) is 0 Å². The highest BCUT2D eigenvalue weighted by Crippen LogP contribution is 2.23. The second-order valence-electron chi connectivity index (χ2n) is 4.58. The minimum Gasteiger partial charge on any atom is -0.378 e. The second kappa shape index (κ2) is 5.90. The molecule has 2 heteroatoms. The number of hydrogen-bond donors (Lipinski definition) is 2. The normalized spacial score (nSPS) is 14.5. The number of nitrogens with one attached hydrogen (secondary N) is 1. The van der Waals surface area contributed by atoms with Crippen molar-refractivity contribution in [2.75, 3.05) is 11.9 Å². The molecule has 1 atom stereocenters. The largest absolute Gasteiger partial charge is 0.378 e. The van der Waals surface area contributed by atoms with Gasteiger partial charge in [0.2, 0.25) is 0 Å². The van der Waals surface area contributed by atoms with Crippen molar-refractivity contribution in [2.24, 2.45) is 5.73 Å². The molecule has 1 aromatic rings. The summed E-state index contributed by atoms with van der Waals surface area (Å²) in [5.74, 6) is 0. The highest BCUT2D eigenvalue weighted by molar-refractivity contribution is 5.47. The molecule has 0 aromatic heterocycles. The molecule has 2 nitrogen and oxygen atoms in total. The van der Waals surface area contributed by atoms with E-state index in [1.807, 2.05) is 0 Å². The second-order valence-corrected chi connectivity index (χ2v) is 4.58. The van der Waals surface area contributed by atoms with Crippen LogP contribution in [-0.2, 0) is 0 Å². The van der Waals surface area contributed by atoms with E-state index in [9.17, 15) is 0 Å². The Morgan fingerprint density at radius 3 is 2.56 bits per heavy atom. The number of rotatable bonds is 6. The molecule has 0 heterocycles. The van der Waals surface area contributed by atoms with Crippen LogP contribution in [0.4, 0.5) is 5.69 Å². The van der Waals surface area contributed by atoms with Gasteiger partial charge in [0.05, 0.1) is 0 Å². The third-order valence-electron chi connectivity index (χ3n) is 3.22. The predicted octanol–water partition coefficient (Wildman–Crippen LogP) is 3.31. The fourth-order valence-electron chi connectivity index (χ4n) is 2.13. The van der Waals surface area contributed by atoms with Crippen molar-refractivity contribution < 1.29 is 0 Å². The number of hydrogen-bond acceptors (Lipinski definition) is 2. The van der Waals surface area contributed by atoms with E-state index in [1.165, 1.54) is 11.3 Å². The van der Waals surface area contributed by atoms with Gasteiger partial charge in [0.25, 0.3) is 0 Å². The van der Waals surface area contributed by atoms with Crippen LogP contribution in [0.15, 0.2) is 24.3 Å². The molecular formula is C14H24N2. The Balaban J connectivity index is 2.82. The van der Waals surface area contributed by atoms with E-state index in [2.05, 4.69) is 50.4 Å². The van der Waals surface area contributed by atoms with Gasteiger partial charge in [0.15, 0.2) is 0 Å². The Kier molecular flexibility index (Phi) is 4.81. The van der Waals surface area contributed by atoms with Crippen LogP contribution in [0.1, 0.15) is 38.7 Å². The molecule has 0 aliphatic rings. The van der Waals surface area contributed by atoms with Crippen molar-refractivity contribution in [3.05, 3.63) is 29.8 Å². The Morgan fingerprint density at radius 1 is 1.31 bits per heavy atom. The zero-order valence-electron chi connectivity index (χ0n) is 10.7. The SMILES string of the molecule is CCCC(CC)(CN)Nc1cccc(C)c1. The first-order chi connectivity index (χ1) is 7.65. The van der Waals surface area contributed by atoms with Crippen LogP contribution in [0.5, 0.6) is 0 Å². The molecule has 0 aliphatic heterocycles. The minimum atomic E-state index is 0.0581. The van der Waals surface area contributed by atoms with E-state index >= 15 is 0 Å². The Bertz CT molecular complexity index is 316. The maximum atomic E-state index is 5.93. The Labute approximate surface area is 99.2 Å². The van der Waals surface area contributed by atoms with Gasteiger partial charge in [0.1, 0.15) is 0 Å². The van der Waals surface area contributed by atoms with Crippen LogP contribution in [0.25, 0.3) is 0 Å². The fourth-order valence-corrected chi connectivity index (χ4v) is 2.13. The van der Waals surface area contributed by atoms with Gasteiger partial charge in [0, 0.05) is 17.8 Å². The summed E-state index contributed by atoms with van der Waals surface area (Å²) >= 11 is 0. The lowest BCUT2D eigenvalue weighted by Gasteiger charge is -2.33. The number of benzene rings is 1. The molecule has 1 unspecified atom stereocenters. The lowest BCUT2D eigenvalue weighted by molar-refractivity contribution is 0.422. The van der Waals surface area contributed by atoms with E-state index in [0.29, 0.717) is 6.54 Å². The number of aryl methyl sites for hydroxylation is 1. The average Bonchev–Trinajstić information content (AvgIpc) is 2.28. The number of anilines is 1. The van der Waals surface area contributed by atoms with Crippen molar-refractivity contribution in [2.45, 2.75) is 45.6 Å². The summed E-state index contributed by atoms with van der Waals surface area (Å²) in [6, 6.07) is 8.49. The van der Waals surface area contributed by atoms with Gasteiger partial charge in [-0.2, -0.15) is 0 Å². The van der Waals surface area contributed by atoms with Crippen LogP contribution in [0, 0.1) is 6.92 Å². The summed E-state index contributed by atoms with van der Waals surface area (Å²) in [6.07, 6.45) is 3.34. The molecule has 0 radical (unpaired) electrons. The van der Waals surface area contributed by atoms with Crippen molar-refractivity contribution in [1.29, 1.82) is 0 Å². The van der Waals surface area contributed by atoms with Crippen molar-refractivity contribution in [1.82, 2.24) is 0 Å². The first-order valence-electron chi connectivity index (χ1n) is 6.20. The minimum absolute atomic E-state index is 0.0581. The quantitative estimate of drug-likeness (QED) is 0.772. The monoisotopic (exact) mass is 220 g/mol. The zero-order chi connectivity index (χ0) is 12.0. The molecule has 0 saturated heterocycles. The molecule has 1 rings (SSSR count). The topological polar surface area (TPSA) is 38.0 Å². The summed E-state index contributed by atoms with van der Waals surface area (Å²) in [6.45, 7) is 7.20. The van der Waals surface area contributed by atoms with Gasteiger partial charge in [-0.3, -0.25) is 0 Å². The zero-order valence-corrected chi connectivity index (χ0v) is 10.7. The summed E-state index contributed by atoms with van der Waals surface area (Å²) in [7, 11) is 0. The van der Waals surface area contributed by atoms with Crippen LogP contribution >= 0.6 is 0 Å². The molecule has 1 aromatic carbocycles. The van der Waals surface area contributed by atoms with E-state index in [4.69, 9.17) is 5.73 Å². The van der Waals surface area contributed by atoms with Crippen molar-refractivity contribution in [3.8, 4) is 0 Å². The van der Waals surface area contributed by atoms with E-state index in [0.717, 1.165) is 19.3 Å². The first kappa shape index (κ1) is 13.0. The van der Waals surface area contributed by atoms with E-state index in [1.54, 1.807) is 0 Å². The van der Waals surface area contributed by atoms with Gasteiger partial charge in [-0.05, 0) is 37.5 Å². The fraction of sp³-hybridized carbons (Fsp3) is 0.571. The molecule has 0 saturated carbocycles. The summed E-state index contributed by atoms with van der Waals surface area (Å²) < 4.78 is 0. The maximum Gasteiger partial charge on any atom is 0.0493 e. The van der Waals surface area contributed by atoms with Crippen LogP contribution in [0.3, 0.4) is 0 Å². The van der Waals surface area contributed by atoms with Crippen LogP contribution < -0.4 is 11.1 Å². The summed E-state index contributed by atoms with van der Waals surface area (Å²) in [5.41, 5.74) is 8.45. The van der Waals surface area contributed by atoms with Gasteiger partial charge in [-0.25, -0.2) is 0 Å². The van der Waals surface area contributed by atoms with Gasteiger partial charge < -0.3 is 11.1 Å². The Hall–Kier alpha value is -1.02. The van der Waals surface area contributed by atoms with Crippen molar-refractivity contribution in [3.63, 3.8) is 0 Å². The smallest absolute Gasteiger partial charge is 0.0493 e. The third-order valence-corrected chi connectivity index (χ3v) is 3.22. The predicted molar refractivity (Wildman–Crippen MR) is 71.8 cm³/mol. The summed E-state index contributed by atoms with van der Waals surface area (Å²) in [4.78, 5) is 0. The molecule has 90 valence electrons. The molecule has 0 amide bonds. The van der Waals surface area contributed by atoms with Gasteiger partial charge >= 0.3 is 0 Å². The highest BCUT2D eigenvalue weighted by Gasteiger charge is 2.24.